The van der Waals surface area contributed by atoms with Gasteiger partial charge in [-0.05, 0) is 38.5 Å². The van der Waals surface area contributed by atoms with E-state index in [1.807, 2.05) is 0 Å². The molecule has 3 heteroatoms. The standard InChI is InChI=1S/C10H14O3/c1-7(6-9(3)11)5-8(2)10(12)13-4/h5-6H,1-4H3/b7-6+,8-5+. The van der Waals surface area contributed by atoms with Crippen molar-refractivity contribution in [3.05, 3.63) is 23.3 Å². The van der Waals surface area contributed by atoms with Crippen molar-refractivity contribution >= 4 is 11.8 Å². The third kappa shape index (κ3) is 4.95. The molecular weight excluding hydrogens is 168 g/mol. The summed E-state index contributed by atoms with van der Waals surface area (Å²) >= 11 is 0. The van der Waals surface area contributed by atoms with Crippen LogP contribution < -0.4 is 0 Å². The molecule has 0 N–H and O–H groups in total. The van der Waals surface area contributed by atoms with Gasteiger partial charge in [-0.2, -0.15) is 0 Å². The first-order valence-electron chi connectivity index (χ1n) is 3.93. The van der Waals surface area contributed by atoms with E-state index in [0.717, 1.165) is 5.57 Å². The summed E-state index contributed by atoms with van der Waals surface area (Å²) in [6.45, 7) is 4.86. The van der Waals surface area contributed by atoms with E-state index in [1.54, 1.807) is 19.9 Å². The lowest BCUT2D eigenvalue weighted by Crippen LogP contribution is -2.01. The molecule has 0 rings (SSSR count). The predicted octanol–water partition coefficient (Wildman–Crippen LogP) is 1.64. The van der Waals surface area contributed by atoms with Crippen LogP contribution in [-0.4, -0.2) is 18.9 Å². The highest BCUT2D eigenvalue weighted by molar-refractivity contribution is 5.90. The number of rotatable bonds is 3. The average Bonchev–Trinajstić information content (AvgIpc) is 2.01. The number of esters is 1. The summed E-state index contributed by atoms with van der Waals surface area (Å²) in [5, 5.41) is 0. The summed E-state index contributed by atoms with van der Waals surface area (Å²) in [5.74, 6) is -0.414. The van der Waals surface area contributed by atoms with E-state index in [1.165, 1.54) is 20.1 Å². The molecule has 72 valence electrons. The Kier molecular flexibility index (Phi) is 4.74. The smallest absolute Gasteiger partial charge is 0.333 e. The van der Waals surface area contributed by atoms with Gasteiger partial charge in [-0.15, -0.1) is 0 Å². The molecule has 0 aliphatic heterocycles. The Bertz CT molecular complexity index is 272. The van der Waals surface area contributed by atoms with E-state index >= 15 is 0 Å². The molecule has 0 aromatic carbocycles. The number of hydrogen-bond acceptors (Lipinski definition) is 3. The minimum Gasteiger partial charge on any atom is -0.466 e. The Morgan fingerprint density at radius 2 is 1.62 bits per heavy atom. The topological polar surface area (TPSA) is 43.4 Å². The van der Waals surface area contributed by atoms with Gasteiger partial charge in [0.25, 0.3) is 0 Å². The molecule has 0 saturated carbocycles. The lowest BCUT2D eigenvalue weighted by atomic mass is 10.1. The predicted molar refractivity (Wildman–Crippen MR) is 50.2 cm³/mol. The minimum atomic E-state index is -0.378. The normalized spacial score (nSPS) is 12.6. The van der Waals surface area contributed by atoms with Crippen LogP contribution in [0, 0.1) is 0 Å². The molecule has 0 aliphatic rings. The highest BCUT2D eigenvalue weighted by Gasteiger charge is 2.02. The van der Waals surface area contributed by atoms with Gasteiger partial charge in [-0.1, -0.05) is 0 Å². The largest absolute Gasteiger partial charge is 0.466 e. The van der Waals surface area contributed by atoms with Gasteiger partial charge in [0.15, 0.2) is 5.78 Å². The number of carbonyl (C=O) groups is 2. The molecule has 13 heavy (non-hydrogen) atoms. The Morgan fingerprint density at radius 1 is 1.08 bits per heavy atom. The van der Waals surface area contributed by atoms with Crippen molar-refractivity contribution in [3.63, 3.8) is 0 Å². The maximum Gasteiger partial charge on any atom is 0.333 e. The summed E-state index contributed by atoms with van der Waals surface area (Å²) in [6.07, 6.45) is 3.08. The van der Waals surface area contributed by atoms with Crippen molar-refractivity contribution in [3.8, 4) is 0 Å². The van der Waals surface area contributed by atoms with E-state index in [0.29, 0.717) is 5.57 Å². The number of hydrogen-bond donors (Lipinski definition) is 0. The van der Waals surface area contributed by atoms with Crippen molar-refractivity contribution in [1.29, 1.82) is 0 Å². The zero-order valence-electron chi connectivity index (χ0n) is 8.38. The number of ketones is 1. The highest BCUT2D eigenvalue weighted by Crippen LogP contribution is 2.03. The molecule has 0 fully saturated rings. The first-order chi connectivity index (χ1) is 5.97. The van der Waals surface area contributed by atoms with Crippen molar-refractivity contribution in [2.45, 2.75) is 20.8 Å². The Morgan fingerprint density at radius 3 is 2.00 bits per heavy atom. The summed E-state index contributed by atoms with van der Waals surface area (Å²) in [4.78, 5) is 21.6. The Labute approximate surface area is 78.1 Å². The average molecular weight is 182 g/mol. The van der Waals surface area contributed by atoms with Gasteiger partial charge in [0.1, 0.15) is 0 Å². The fraction of sp³-hybridized carbons (Fsp3) is 0.400. The zero-order chi connectivity index (χ0) is 10.4. The number of allylic oxidation sites excluding steroid dienone is 3. The SMILES string of the molecule is COC(=O)/C(C)=C/C(C)=C/C(C)=O. The van der Waals surface area contributed by atoms with Crippen LogP contribution in [0.25, 0.3) is 0 Å². The molecule has 0 spiro atoms. The van der Waals surface area contributed by atoms with Gasteiger partial charge < -0.3 is 4.74 Å². The fourth-order valence-corrected chi connectivity index (χ4v) is 0.924. The molecule has 0 radical (unpaired) electrons. The van der Waals surface area contributed by atoms with Gasteiger partial charge in [0.05, 0.1) is 7.11 Å². The van der Waals surface area contributed by atoms with Gasteiger partial charge in [-0.25, -0.2) is 4.79 Å². The minimum absolute atomic E-state index is 0.0357. The fourth-order valence-electron chi connectivity index (χ4n) is 0.924. The lowest BCUT2D eigenvalue weighted by Gasteiger charge is -1.98. The van der Waals surface area contributed by atoms with Crippen LogP contribution in [0.4, 0.5) is 0 Å². The van der Waals surface area contributed by atoms with Crippen LogP contribution in [0.15, 0.2) is 23.3 Å². The Balaban J connectivity index is 4.56. The monoisotopic (exact) mass is 182 g/mol. The first kappa shape index (κ1) is 11.6. The maximum absolute atomic E-state index is 10.9. The van der Waals surface area contributed by atoms with E-state index in [-0.39, 0.29) is 11.8 Å². The molecule has 0 aromatic rings. The second-order valence-corrected chi connectivity index (χ2v) is 2.82. The van der Waals surface area contributed by atoms with Crippen molar-refractivity contribution < 1.29 is 14.3 Å². The molecule has 0 amide bonds. The van der Waals surface area contributed by atoms with Gasteiger partial charge in [0, 0.05) is 5.57 Å². The van der Waals surface area contributed by atoms with Crippen molar-refractivity contribution in [1.82, 2.24) is 0 Å². The Hall–Kier alpha value is -1.38. The van der Waals surface area contributed by atoms with Gasteiger partial charge >= 0.3 is 5.97 Å². The molecule has 0 aliphatic carbocycles. The quantitative estimate of drug-likeness (QED) is 0.378. The summed E-state index contributed by atoms with van der Waals surface area (Å²) < 4.78 is 4.50. The highest BCUT2D eigenvalue weighted by atomic mass is 16.5. The van der Waals surface area contributed by atoms with E-state index in [2.05, 4.69) is 4.74 Å². The van der Waals surface area contributed by atoms with E-state index in [4.69, 9.17) is 0 Å². The molecular formula is C10H14O3. The first-order valence-corrected chi connectivity index (χ1v) is 3.93. The molecule has 0 aromatic heterocycles. The molecule has 0 heterocycles. The third-order valence-electron chi connectivity index (χ3n) is 1.38. The van der Waals surface area contributed by atoms with E-state index in [9.17, 15) is 9.59 Å². The van der Waals surface area contributed by atoms with Crippen LogP contribution in [0.2, 0.25) is 0 Å². The van der Waals surface area contributed by atoms with Gasteiger partial charge in [-0.3, -0.25) is 4.79 Å². The third-order valence-corrected chi connectivity index (χ3v) is 1.38. The number of ether oxygens (including phenoxy) is 1. The van der Waals surface area contributed by atoms with Crippen LogP contribution in [0.5, 0.6) is 0 Å². The molecule has 0 atom stereocenters. The van der Waals surface area contributed by atoms with Crippen LogP contribution in [0.1, 0.15) is 20.8 Å². The second-order valence-electron chi connectivity index (χ2n) is 2.82. The van der Waals surface area contributed by atoms with E-state index < -0.39 is 0 Å². The maximum atomic E-state index is 10.9. The van der Waals surface area contributed by atoms with Crippen molar-refractivity contribution in [2.24, 2.45) is 0 Å². The molecule has 0 saturated heterocycles. The second kappa shape index (κ2) is 5.30. The molecule has 0 unspecified atom stereocenters. The molecule has 3 nitrogen and oxygen atoms in total. The molecule has 0 bridgehead atoms. The van der Waals surface area contributed by atoms with Crippen LogP contribution in [-0.2, 0) is 14.3 Å². The zero-order valence-corrected chi connectivity index (χ0v) is 8.38. The van der Waals surface area contributed by atoms with Crippen LogP contribution in [0.3, 0.4) is 0 Å². The van der Waals surface area contributed by atoms with Gasteiger partial charge in [0.2, 0.25) is 0 Å². The van der Waals surface area contributed by atoms with Crippen LogP contribution >= 0.6 is 0 Å². The summed E-state index contributed by atoms with van der Waals surface area (Å²) in [6, 6.07) is 0. The lowest BCUT2D eigenvalue weighted by molar-refractivity contribution is -0.136. The number of carbonyl (C=O) groups excluding carboxylic acids is 2. The van der Waals surface area contributed by atoms with Crippen molar-refractivity contribution in [2.75, 3.05) is 7.11 Å². The number of methoxy groups -OCH3 is 1. The summed E-state index contributed by atoms with van der Waals surface area (Å²) in [7, 11) is 1.32. The summed E-state index contributed by atoms with van der Waals surface area (Å²) in [5.41, 5.74) is 1.23.